The Balaban J connectivity index is 1.46. The number of aliphatic hydroxyl groups excluding tert-OH is 1. The number of benzene rings is 3. The molecule has 3 aromatic carbocycles. The number of aromatic nitrogens is 1. The molecule has 2 aliphatic rings. The third-order valence-electron chi connectivity index (χ3n) is 6.99. The number of hydrogen-bond acceptors (Lipinski definition) is 9. The fourth-order valence-electron chi connectivity index (χ4n) is 5.02. The number of ether oxygens (including phenoxy) is 3. The Morgan fingerprint density at radius 2 is 1.79 bits per heavy atom. The van der Waals surface area contributed by atoms with Crippen LogP contribution in [0.4, 0.5) is 5.13 Å². The molecule has 0 saturated carbocycles. The van der Waals surface area contributed by atoms with Crippen LogP contribution in [-0.2, 0) is 16.2 Å². The summed E-state index contributed by atoms with van der Waals surface area (Å²) in [6.45, 7) is 4.16. The van der Waals surface area contributed by atoms with Gasteiger partial charge in [-0.15, -0.1) is 0 Å². The molecule has 3 heterocycles. The maximum atomic E-state index is 13.6. The lowest BCUT2D eigenvalue weighted by molar-refractivity contribution is -0.132. The monoisotopic (exact) mass is 582 g/mol. The summed E-state index contributed by atoms with van der Waals surface area (Å²) in [5, 5.41) is 11.7. The first-order valence-electron chi connectivity index (χ1n) is 13.3. The average Bonchev–Trinajstić information content (AvgIpc) is 3.52. The number of nitrogens with zero attached hydrogens (tertiary/aromatic N) is 2. The molecule has 1 aromatic heterocycles. The van der Waals surface area contributed by atoms with Crippen molar-refractivity contribution in [2.45, 2.75) is 26.5 Å². The largest absolute Gasteiger partial charge is 0.507 e. The molecule has 10 heteroatoms. The number of thiazole rings is 1. The molecule has 1 fully saturated rings. The van der Waals surface area contributed by atoms with E-state index in [4.69, 9.17) is 14.2 Å². The van der Waals surface area contributed by atoms with E-state index in [9.17, 15) is 19.5 Å². The fourth-order valence-corrected chi connectivity index (χ4v) is 6.01. The van der Waals surface area contributed by atoms with E-state index in [0.29, 0.717) is 58.8 Å². The van der Waals surface area contributed by atoms with Crippen LogP contribution in [0.15, 0.2) is 78.4 Å². The molecule has 1 saturated heterocycles. The number of Topliss-reactive ketones (excluding diaryl/α,β-unsaturated/α-hetero) is 2. The highest BCUT2D eigenvalue weighted by Crippen LogP contribution is 2.45. The van der Waals surface area contributed by atoms with Crippen LogP contribution >= 0.6 is 11.3 Å². The molecule has 1 N–H and O–H groups in total. The van der Waals surface area contributed by atoms with Crippen molar-refractivity contribution in [1.29, 1.82) is 0 Å². The summed E-state index contributed by atoms with van der Waals surface area (Å²) in [4.78, 5) is 45.5. The van der Waals surface area contributed by atoms with Crippen LogP contribution in [0.25, 0.3) is 5.76 Å². The normalized spacial score (nSPS) is 17.4. The average molecular weight is 583 g/mol. The van der Waals surface area contributed by atoms with Gasteiger partial charge in [-0.3, -0.25) is 19.3 Å². The highest BCUT2D eigenvalue weighted by Gasteiger charge is 2.48. The molecule has 0 bridgehead atoms. The highest BCUT2D eigenvalue weighted by atomic mass is 32.1. The second kappa shape index (κ2) is 11.1. The van der Waals surface area contributed by atoms with Crippen molar-refractivity contribution >= 4 is 39.7 Å². The molecule has 9 nitrogen and oxygen atoms in total. The van der Waals surface area contributed by atoms with Gasteiger partial charge in [-0.05, 0) is 48.4 Å². The van der Waals surface area contributed by atoms with E-state index in [0.717, 1.165) is 16.9 Å². The summed E-state index contributed by atoms with van der Waals surface area (Å²) in [6, 6.07) is 20.5. The van der Waals surface area contributed by atoms with Crippen molar-refractivity contribution in [1.82, 2.24) is 4.98 Å². The van der Waals surface area contributed by atoms with Gasteiger partial charge in [0, 0.05) is 12.5 Å². The van der Waals surface area contributed by atoms with Crippen LogP contribution in [0.2, 0.25) is 0 Å². The van der Waals surface area contributed by atoms with Gasteiger partial charge < -0.3 is 19.3 Å². The predicted molar refractivity (Wildman–Crippen MR) is 156 cm³/mol. The van der Waals surface area contributed by atoms with Crippen LogP contribution in [0.3, 0.4) is 0 Å². The molecule has 4 aromatic rings. The molecule has 0 radical (unpaired) electrons. The van der Waals surface area contributed by atoms with E-state index >= 15 is 0 Å². The van der Waals surface area contributed by atoms with Gasteiger partial charge in [0.1, 0.15) is 31.3 Å². The number of anilines is 1. The number of fused-ring (bicyclic) bond motifs is 1. The molecule has 6 rings (SSSR count). The van der Waals surface area contributed by atoms with Crippen molar-refractivity contribution in [3.05, 3.63) is 106 Å². The molecule has 1 amide bonds. The van der Waals surface area contributed by atoms with Crippen LogP contribution in [0, 0.1) is 6.92 Å². The molecule has 0 unspecified atom stereocenters. The number of amides is 1. The zero-order chi connectivity index (χ0) is 29.4. The zero-order valence-electron chi connectivity index (χ0n) is 22.8. The summed E-state index contributed by atoms with van der Waals surface area (Å²) >= 11 is 1.03. The third-order valence-corrected chi connectivity index (χ3v) is 8.25. The van der Waals surface area contributed by atoms with Crippen molar-refractivity contribution in [3.63, 3.8) is 0 Å². The minimum absolute atomic E-state index is 0.117. The smallest absolute Gasteiger partial charge is 0.301 e. The van der Waals surface area contributed by atoms with Crippen molar-refractivity contribution in [2.75, 3.05) is 18.1 Å². The van der Waals surface area contributed by atoms with Crippen molar-refractivity contribution in [2.24, 2.45) is 0 Å². The number of carbonyl (C=O) groups is 3. The molecular weight excluding hydrogens is 556 g/mol. The Labute approximate surface area is 245 Å². The van der Waals surface area contributed by atoms with Gasteiger partial charge in [-0.25, -0.2) is 4.98 Å². The first-order chi connectivity index (χ1) is 20.3. The summed E-state index contributed by atoms with van der Waals surface area (Å²) in [7, 11) is 0. The van der Waals surface area contributed by atoms with Gasteiger partial charge in [0.15, 0.2) is 22.4 Å². The van der Waals surface area contributed by atoms with Gasteiger partial charge in [-0.1, -0.05) is 53.8 Å². The second-order valence-electron chi connectivity index (χ2n) is 9.84. The minimum Gasteiger partial charge on any atom is -0.507 e. The molecule has 0 spiro atoms. The number of rotatable bonds is 7. The van der Waals surface area contributed by atoms with Gasteiger partial charge in [-0.2, -0.15) is 0 Å². The topological polar surface area (TPSA) is 115 Å². The maximum Gasteiger partial charge on any atom is 0.301 e. The maximum absolute atomic E-state index is 13.6. The Bertz CT molecular complexity index is 1740. The van der Waals surface area contributed by atoms with Crippen LogP contribution < -0.4 is 19.1 Å². The standard InChI is InChI=1S/C32H26N2O7S/c1-18-30(19(2)35)42-32(33-18)34-27(21-9-6-10-23(15-21)41-17-20-7-4-3-5-8-20)26(29(37)31(34)38)28(36)22-11-12-24-25(16-22)40-14-13-39-24/h3-12,15-16,27,36H,13-14,17H2,1-2H3/b28-26+/t27-/m0/s1. The lowest BCUT2D eigenvalue weighted by atomic mass is 9.95. The van der Waals surface area contributed by atoms with Crippen LogP contribution in [0.1, 0.15) is 45.0 Å². The second-order valence-corrected chi connectivity index (χ2v) is 10.8. The van der Waals surface area contributed by atoms with E-state index in [2.05, 4.69) is 4.98 Å². The number of aliphatic hydroxyl groups is 1. The van der Waals surface area contributed by atoms with Gasteiger partial charge in [0.25, 0.3) is 5.78 Å². The quantitative estimate of drug-likeness (QED) is 0.129. The first kappa shape index (κ1) is 27.2. The molecule has 42 heavy (non-hydrogen) atoms. The van der Waals surface area contributed by atoms with E-state index in [1.54, 1.807) is 49.4 Å². The number of hydrogen-bond donors (Lipinski definition) is 1. The molecule has 0 aliphatic carbocycles. The molecule has 212 valence electrons. The molecule has 1 atom stereocenters. The summed E-state index contributed by atoms with van der Waals surface area (Å²) < 4.78 is 17.3. The number of aryl methyl sites for hydroxylation is 1. The van der Waals surface area contributed by atoms with Crippen LogP contribution in [0.5, 0.6) is 17.2 Å². The summed E-state index contributed by atoms with van der Waals surface area (Å²) in [5.74, 6) is -0.840. The van der Waals surface area contributed by atoms with Gasteiger partial charge in [0.05, 0.1) is 22.2 Å². The van der Waals surface area contributed by atoms with E-state index in [1.165, 1.54) is 11.8 Å². The lowest BCUT2D eigenvalue weighted by Crippen LogP contribution is -2.29. The number of carbonyl (C=O) groups excluding carboxylic acids is 3. The Morgan fingerprint density at radius 3 is 2.52 bits per heavy atom. The first-order valence-corrected chi connectivity index (χ1v) is 14.1. The Kier molecular flexibility index (Phi) is 7.22. The van der Waals surface area contributed by atoms with E-state index < -0.39 is 17.7 Å². The van der Waals surface area contributed by atoms with Gasteiger partial charge >= 0.3 is 5.91 Å². The minimum atomic E-state index is -1.04. The molecular formula is C32H26N2O7S. The SMILES string of the molecule is CC(=O)c1sc(N2C(=O)C(=O)/C(=C(/O)c3ccc4c(c3)OCCO4)[C@@H]2c2cccc(OCc3ccccc3)c2)nc1C. The Morgan fingerprint density at radius 1 is 1.02 bits per heavy atom. The number of ketones is 2. The fraction of sp³-hybridized carbons (Fsp3) is 0.188. The predicted octanol–water partition coefficient (Wildman–Crippen LogP) is 5.63. The highest BCUT2D eigenvalue weighted by molar-refractivity contribution is 7.18. The van der Waals surface area contributed by atoms with Crippen molar-refractivity contribution < 1.29 is 33.7 Å². The zero-order valence-corrected chi connectivity index (χ0v) is 23.6. The van der Waals surface area contributed by atoms with E-state index in [1.807, 2.05) is 30.3 Å². The summed E-state index contributed by atoms with van der Waals surface area (Å²) in [6.07, 6.45) is 0. The van der Waals surface area contributed by atoms with Crippen molar-refractivity contribution in [3.8, 4) is 17.2 Å². The third kappa shape index (κ3) is 5.01. The van der Waals surface area contributed by atoms with Crippen LogP contribution in [-0.4, -0.2) is 40.8 Å². The van der Waals surface area contributed by atoms with Gasteiger partial charge in [0.2, 0.25) is 0 Å². The lowest BCUT2D eigenvalue weighted by Gasteiger charge is -2.24. The Hall–Kier alpha value is -4.96. The summed E-state index contributed by atoms with van der Waals surface area (Å²) in [5.41, 5.74) is 2.13. The van der Waals surface area contributed by atoms with E-state index in [-0.39, 0.29) is 22.2 Å². The molecule has 2 aliphatic heterocycles.